The van der Waals surface area contributed by atoms with E-state index >= 15 is 0 Å². The number of imidazole rings is 2. The SMILES string of the molecule is CC(C)N(CCCCc1nc2c(F)c(F)c(F)cc2[nH]1)C[C@H]1O[C@@H](n2cnc3c(N)ncnc32)[C@H](O)[C@@H]1O. The molecule has 14 heteroatoms. The number of aliphatic hydroxyl groups is 2. The van der Waals surface area contributed by atoms with Crippen LogP contribution in [0.25, 0.3) is 22.2 Å². The number of benzene rings is 1. The largest absolute Gasteiger partial charge is 0.387 e. The summed E-state index contributed by atoms with van der Waals surface area (Å²) in [7, 11) is 0. The van der Waals surface area contributed by atoms with Gasteiger partial charge in [-0.1, -0.05) is 0 Å². The second-order valence-corrected chi connectivity index (χ2v) is 9.74. The highest BCUT2D eigenvalue weighted by atomic mass is 19.2. The van der Waals surface area contributed by atoms with Gasteiger partial charge in [0.1, 0.15) is 41.5 Å². The first-order valence-electron chi connectivity index (χ1n) is 12.4. The first-order chi connectivity index (χ1) is 18.2. The summed E-state index contributed by atoms with van der Waals surface area (Å²) in [5, 5.41) is 21.5. The molecule has 1 aliphatic heterocycles. The number of ether oxygens (including phenoxy) is 1. The average Bonchev–Trinajstić information content (AvgIpc) is 3.57. The fourth-order valence-electron chi connectivity index (χ4n) is 4.79. The van der Waals surface area contributed by atoms with E-state index < -0.39 is 42.0 Å². The first kappa shape index (κ1) is 26.3. The molecule has 0 amide bonds. The number of nitrogen functional groups attached to an aromatic ring is 1. The number of aliphatic hydroxyl groups excluding tert-OH is 2. The smallest absolute Gasteiger partial charge is 0.196 e. The van der Waals surface area contributed by atoms with Gasteiger partial charge in [-0.05, 0) is 33.2 Å². The Kier molecular flexibility index (Phi) is 7.22. The van der Waals surface area contributed by atoms with Crippen LogP contribution < -0.4 is 5.73 Å². The molecule has 0 aliphatic carbocycles. The van der Waals surface area contributed by atoms with Crippen LogP contribution in [0.5, 0.6) is 0 Å². The van der Waals surface area contributed by atoms with Crippen molar-refractivity contribution in [1.29, 1.82) is 0 Å². The van der Waals surface area contributed by atoms with Crippen molar-refractivity contribution in [2.45, 2.75) is 63.7 Å². The third-order valence-electron chi connectivity index (χ3n) is 6.91. The quantitative estimate of drug-likeness (QED) is 0.187. The molecule has 204 valence electrons. The zero-order chi connectivity index (χ0) is 27.1. The van der Waals surface area contributed by atoms with Crippen LogP contribution in [0.3, 0.4) is 0 Å². The number of nitrogens with one attached hydrogen (secondary N) is 1. The van der Waals surface area contributed by atoms with Crippen LogP contribution in [0.15, 0.2) is 18.7 Å². The standard InChI is InChI=1S/C24H29F3N8O3/c1-11(2)34(6-4-3-5-15-32-13-7-12(25)16(26)17(27)18(13)33-15)8-14-20(36)21(37)24(38-14)35-10-31-19-22(28)29-9-30-23(19)35/h7,9-11,14,20-21,24,36-37H,3-6,8H2,1-2H3,(H,32,33)(H2,28,29,30)/t14-,20-,21-,24-/m1/s1. The van der Waals surface area contributed by atoms with E-state index in [9.17, 15) is 23.4 Å². The second-order valence-electron chi connectivity index (χ2n) is 9.74. The van der Waals surface area contributed by atoms with Gasteiger partial charge >= 0.3 is 0 Å². The van der Waals surface area contributed by atoms with Gasteiger partial charge in [-0.15, -0.1) is 0 Å². The maximum Gasteiger partial charge on any atom is 0.196 e. The Morgan fingerprint density at radius 3 is 2.66 bits per heavy atom. The topological polar surface area (TPSA) is 151 Å². The van der Waals surface area contributed by atoms with Crippen LogP contribution in [-0.4, -0.2) is 82.0 Å². The van der Waals surface area contributed by atoms with E-state index in [4.69, 9.17) is 10.5 Å². The predicted molar refractivity (Wildman–Crippen MR) is 131 cm³/mol. The monoisotopic (exact) mass is 534 g/mol. The van der Waals surface area contributed by atoms with Crippen LogP contribution in [0, 0.1) is 17.5 Å². The first-order valence-corrected chi connectivity index (χ1v) is 12.4. The van der Waals surface area contributed by atoms with E-state index in [0.717, 1.165) is 12.5 Å². The molecule has 0 bridgehead atoms. The molecular weight excluding hydrogens is 505 g/mol. The number of H-pyrrole nitrogens is 1. The molecule has 3 aromatic heterocycles. The van der Waals surface area contributed by atoms with E-state index in [1.54, 1.807) is 0 Å². The summed E-state index contributed by atoms with van der Waals surface area (Å²) >= 11 is 0. The van der Waals surface area contributed by atoms with Gasteiger partial charge in [-0.3, -0.25) is 9.47 Å². The van der Waals surface area contributed by atoms with Crippen molar-refractivity contribution in [2.24, 2.45) is 0 Å². The van der Waals surface area contributed by atoms with Gasteiger partial charge in [-0.2, -0.15) is 0 Å². The number of nitrogens with two attached hydrogens (primary N) is 1. The highest BCUT2D eigenvalue weighted by molar-refractivity contribution is 5.81. The summed E-state index contributed by atoms with van der Waals surface area (Å²) in [6.45, 7) is 5.05. The third-order valence-corrected chi connectivity index (χ3v) is 6.91. The Morgan fingerprint density at radius 1 is 1.11 bits per heavy atom. The molecular formula is C24H29F3N8O3. The van der Waals surface area contributed by atoms with Crippen LogP contribution in [0.4, 0.5) is 19.0 Å². The molecule has 1 aromatic carbocycles. The molecule has 0 radical (unpaired) electrons. The Morgan fingerprint density at radius 2 is 1.89 bits per heavy atom. The van der Waals surface area contributed by atoms with Crippen molar-refractivity contribution in [1.82, 2.24) is 34.4 Å². The number of halogens is 3. The number of aromatic amines is 1. The van der Waals surface area contributed by atoms with Crippen molar-refractivity contribution < 1.29 is 28.1 Å². The summed E-state index contributed by atoms with van der Waals surface area (Å²) in [5.41, 5.74) is 6.52. The van der Waals surface area contributed by atoms with Gasteiger partial charge in [-0.25, -0.2) is 33.1 Å². The van der Waals surface area contributed by atoms with Crippen molar-refractivity contribution in [3.05, 3.63) is 42.0 Å². The number of hydrogen-bond acceptors (Lipinski definition) is 9. The molecule has 0 saturated carbocycles. The number of rotatable bonds is 9. The lowest BCUT2D eigenvalue weighted by atomic mass is 10.1. The minimum atomic E-state index is -1.54. The summed E-state index contributed by atoms with van der Waals surface area (Å²) < 4.78 is 48.5. The van der Waals surface area contributed by atoms with Gasteiger partial charge in [0.25, 0.3) is 0 Å². The molecule has 4 atom stereocenters. The van der Waals surface area contributed by atoms with Gasteiger partial charge in [0.2, 0.25) is 0 Å². The number of aromatic nitrogens is 6. The number of aryl methyl sites for hydroxylation is 1. The Labute approximate surface area is 215 Å². The van der Waals surface area contributed by atoms with Crippen molar-refractivity contribution in [3.63, 3.8) is 0 Å². The highest BCUT2D eigenvalue weighted by Gasteiger charge is 2.45. The zero-order valence-corrected chi connectivity index (χ0v) is 20.9. The Bertz CT molecular complexity index is 1440. The van der Waals surface area contributed by atoms with E-state index in [1.807, 2.05) is 13.8 Å². The number of unbranched alkanes of at least 4 members (excludes halogenated alkanes) is 1. The molecule has 38 heavy (non-hydrogen) atoms. The Hall–Kier alpha value is -3.33. The molecule has 4 aromatic rings. The molecule has 1 saturated heterocycles. The molecule has 4 heterocycles. The minimum absolute atomic E-state index is 0.112. The maximum atomic E-state index is 13.9. The van der Waals surface area contributed by atoms with Gasteiger partial charge < -0.3 is 25.7 Å². The normalized spacial score (nSPS) is 22.0. The van der Waals surface area contributed by atoms with Gasteiger partial charge in [0.15, 0.2) is 35.1 Å². The van der Waals surface area contributed by atoms with E-state index in [2.05, 4.69) is 29.8 Å². The molecule has 5 rings (SSSR count). The van der Waals surface area contributed by atoms with Crippen LogP contribution in [0.1, 0.15) is 38.7 Å². The predicted octanol–water partition coefficient (Wildman–Crippen LogP) is 2.05. The van der Waals surface area contributed by atoms with Crippen molar-refractivity contribution >= 4 is 28.0 Å². The Balaban J connectivity index is 1.20. The number of fused-ring (bicyclic) bond motifs is 2. The number of hydrogen-bond donors (Lipinski definition) is 4. The minimum Gasteiger partial charge on any atom is -0.387 e. The summed E-state index contributed by atoms with van der Waals surface area (Å²) in [6, 6.07) is 1.02. The number of nitrogens with zero attached hydrogens (tertiary/aromatic N) is 6. The average molecular weight is 535 g/mol. The third kappa shape index (κ3) is 4.79. The molecule has 1 fully saturated rings. The summed E-state index contributed by atoms with van der Waals surface area (Å²) in [4.78, 5) is 21.3. The second kappa shape index (κ2) is 10.4. The molecule has 5 N–H and O–H groups in total. The van der Waals surface area contributed by atoms with Crippen molar-refractivity contribution in [2.75, 3.05) is 18.8 Å². The lowest BCUT2D eigenvalue weighted by Crippen LogP contribution is -2.43. The summed E-state index contributed by atoms with van der Waals surface area (Å²) in [6.07, 6.45) is 0.717. The van der Waals surface area contributed by atoms with Crippen LogP contribution >= 0.6 is 0 Å². The molecule has 0 spiro atoms. The molecule has 1 aliphatic rings. The van der Waals surface area contributed by atoms with Crippen LogP contribution in [-0.2, 0) is 11.2 Å². The van der Waals surface area contributed by atoms with E-state index in [-0.39, 0.29) is 22.9 Å². The van der Waals surface area contributed by atoms with E-state index in [0.29, 0.717) is 42.9 Å². The lowest BCUT2D eigenvalue weighted by Gasteiger charge is -2.30. The fraction of sp³-hybridized carbons (Fsp3) is 0.500. The molecule has 11 nitrogen and oxygen atoms in total. The number of anilines is 1. The summed E-state index contributed by atoms with van der Waals surface area (Å²) in [5.74, 6) is -3.46. The van der Waals surface area contributed by atoms with Crippen LogP contribution in [0.2, 0.25) is 0 Å². The highest BCUT2D eigenvalue weighted by Crippen LogP contribution is 2.32. The van der Waals surface area contributed by atoms with Crippen molar-refractivity contribution in [3.8, 4) is 0 Å². The lowest BCUT2D eigenvalue weighted by molar-refractivity contribution is -0.0469. The zero-order valence-electron chi connectivity index (χ0n) is 20.9. The van der Waals surface area contributed by atoms with E-state index in [1.165, 1.54) is 17.2 Å². The fourth-order valence-corrected chi connectivity index (χ4v) is 4.79. The van der Waals surface area contributed by atoms with Gasteiger partial charge in [0, 0.05) is 25.1 Å². The van der Waals surface area contributed by atoms with Gasteiger partial charge in [0.05, 0.1) is 11.8 Å². The molecule has 0 unspecified atom stereocenters. The maximum absolute atomic E-state index is 13.9.